The van der Waals surface area contributed by atoms with Crippen molar-refractivity contribution in [1.29, 1.82) is 0 Å². The van der Waals surface area contributed by atoms with Gasteiger partial charge in [-0.05, 0) is 39.0 Å². The Morgan fingerprint density at radius 1 is 1.48 bits per heavy atom. The van der Waals surface area contributed by atoms with Crippen molar-refractivity contribution < 1.29 is 13.2 Å². The number of hydrogen-bond acceptors (Lipinski definition) is 5. The van der Waals surface area contributed by atoms with E-state index in [1.807, 2.05) is 6.92 Å². The Bertz CT molecular complexity index is 676. The molecule has 1 aliphatic carbocycles. The molecule has 1 atom stereocenters. The highest BCUT2D eigenvalue weighted by molar-refractivity contribution is 7.91. The van der Waals surface area contributed by atoms with Gasteiger partial charge < -0.3 is 5.32 Å². The van der Waals surface area contributed by atoms with Crippen molar-refractivity contribution in [3.05, 3.63) is 15.6 Å². The molecule has 7 heteroatoms. The molecule has 116 valence electrons. The molecule has 2 heterocycles. The molecule has 1 aromatic rings. The van der Waals surface area contributed by atoms with Crippen LogP contribution in [0.3, 0.4) is 0 Å². The second kappa shape index (κ2) is 5.05. The normalized spacial score (nSPS) is 27.7. The maximum atomic E-state index is 12.4. The third kappa shape index (κ3) is 3.45. The van der Waals surface area contributed by atoms with Crippen molar-refractivity contribution in [2.24, 2.45) is 5.92 Å². The molecule has 0 aromatic carbocycles. The number of nitrogens with zero attached hydrogens (tertiary/aromatic N) is 1. The minimum absolute atomic E-state index is 0.0263. The lowest BCUT2D eigenvalue weighted by molar-refractivity contribution is 0.0919. The van der Waals surface area contributed by atoms with Gasteiger partial charge in [0.2, 0.25) is 0 Å². The fourth-order valence-corrected chi connectivity index (χ4v) is 5.93. The van der Waals surface area contributed by atoms with Crippen molar-refractivity contribution in [3.63, 3.8) is 0 Å². The average Bonchev–Trinajstić information content (AvgIpc) is 3.01. The minimum Gasteiger partial charge on any atom is -0.345 e. The highest BCUT2D eigenvalue weighted by Gasteiger charge is 2.40. The van der Waals surface area contributed by atoms with Crippen LogP contribution in [-0.4, -0.2) is 36.4 Å². The van der Waals surface area contributed by atoms with Crippen LogP contribution in [0, 0.1) is 12.8 Å². The number of rotatable bonds is 4. The Morgan fingerprint density at radius 2 is 2.19 bits per heavy atom. The zero-order chi connectivity index (χ0) is 15.3. The molecule has 1 saturated carbocycles. The second-order valence-electron chi connectivity index (χ2n) is 6.53. The van der Waals surface area contributed by atoms with Crippen LogP contribution >= 0.6 is 11.3 Å². The number of thiazole rings is 1. The zero-order valence-corrected chi connectivity index (χ0v) is 13.9. The van der Waals surface area contributed by atoms with E-state index in [4.69, 9.17) is 0 Å². The average molecular weight is 328 g/mol. The van der Waals surface area contributed by atoms with Gasteiger partial charge in [0.1, 0.15) is 4.88 Å². The first kappa shape index (κ1) is 15.0. The minimum atomic E-state index is -3.02. The first-order valence-corrected chi connectivity index (χ1v) is 9.89. The van der Waals surface area contributed by atoms with Gasteiger partial charge in [0.25, 0.3) is 5.91 Å². The van der Waals surface area contributed by atoms with Gasteiger partial charge in [-0.15, -0.1) is 11.3 Å². The van der Waals surface area contributed by atoms with Gasteiger partial charge in [0.15, 0.2) is 9.84 Å². The SMILES string of the molecule is Cc1nc(CC2CC2)sc1C(=O)N[C@]1(C)CCS(=O)(=O)C1. The van der Waals surface area contributed by atoms with Gasteiger partial charge >= 0.3 is 0 Å². The van der Waals surface area contributed by atoms with E-state index >= 15 is 0 Å². The standard InChI is InChI=1S/C14H20N2O3S2/c1-9-12(20-11(15-9)7-10-3-4-10)13(17)16-14(2)5-6-21(18,19)8-14/h10H,3-8H2,1-2H3,(H,16,17)/t14-/m1/s1. The molecule has 1 saturated heterocycles. The number of amides is 1. The molecular weight excluding hydrogens is 308 g/mol. The highest BCUT2D eigenvalue weighted by Crippen LogP contribution is 2.34. The van der Waals surface area contributed by atoms with E-state index in [0.29, 0.717) is 11.3 Å². The predicted molar refractivity (Wildman–Crippen MR) is 82.4 cm³/mol. The topological polar surface area (TPSA) is 76.1 Å². The van der Waals surface area contributed by atoms with Crippen molar-refractivity contribution in [2.75, 3.05) is 11.5 Å². The van der Waals surface area contributed by atoms with E-state index in [1.165, 1.54) is 24.2 Å². The van der Waals surface area contributed by atoms with Crippen LogP contribution < -0.4 is 5.32 Å². The molecule has 3 rings (SSSR count). The van der Waals surface area contributed by atoms with E-state index in [-0.39, 0.29) is 17.4 Å². The molecule has 1 amide bonds. The molecule has 0 bridgehead atoms. The summed E-state index contributed by atoms with van der Waals surface area (Å²) in [5.74, 6) is 0.729. The number of aryl methyl sites for hydroxylation is 1. The van der Waals surface area contributed by atoms with Gasteiger partial charge in [-0.25, -0.2) is 13.4 Å². The number of hydrogen-bond donors (Lipinski definition) is 1. The van der Waals surface area contributed by atoms with Crippen LogP contribution in [0.4, 0.5) is 0 Å². The van der Waals surface area contributed by atoms with Crippen LogP contribution in [0.15, 0.2) is 0 Å². The highest BCUT2D eigenvalue weighted by atomic mass is 32.2. The Hall–Kier alpha value is -0.950. The Kier molecular flexibility index (Phi) is 3.60. The summed E-state index contributed by atoms with van der Waals surface area (Å²) in [5, 5.41) is 3.92. The van der Waals surface area contributed by atoms with Gasteiger partial charge in [-0.1, -0.05) is 0 Å². The monoisotopic (exact) mass is 328 g/mol. The van der Waals surface area contributed by atoms with E-state index in [0.717, 1.165) is 23.0 Å². The lowest BCUT2D eigenvalue weighted by Gasteiger charge is -2.23. The summed E-state index contributed by atoms with van der Waals surface area (Å²) in [5.41, 5.74) is 0.0980. The third-order valence-electron chi connectivity index (χ3n) is 4.13. The van der Waals surface area contributed by atoms with Crippen LogP contribution in [0.5, 0.6) is 0 Å². The lowest BCUT2D eigenvalue weighted by Crippen LogP contribution is -2.46. The van der Waals surface area contributed by atoms with E-state index in [2.05, 4.69) is 10.3 Å². The maximum absolute atomic E-state index is 12.4. The quantitative estimate of drug-likeness (QED) is 0.913. The molecule has 0 spiro atoms. The van der Waals surface area contributed by atoms with E-state index < -0.39 is 15.4 Å². The summed E-state index contributed by atoms with van der Waals surface area (Å²) < 4.78 is 23.2. The fourth-order valence-electron chi connectivity index (χ4n) is 2.76. The van der Waals surface area contributed by atoms with Crippen molar-refractivity contribution in [1.82, 2.24) is 10.3 Å². The van der Waals surface area contributed by atoms with Crippen LogP contribution in [0.25, 0.3) is 0 Å². The van der Waals surface area contributed by atoms with E-state index in [1.54, 1.807) is 6.92 Å². The first-order chi connectivity index (χ1) is 9.76. The number of nitrogens with one attached hydrogen (secondary N) is 1. The smallest absolute Gasteiger partial charge is 0.263 e. The number of aromatic nitrogens is 1. The van der Waals surface area contributed by atoms with E-state index in [9.17, 15) is 13.2 Å². The van der Waals surface area contributed by atoms with Gasteiger partial charge in [-0.3, -0.25) is 4.79 Å². The molecule has 0 radical (unpaired) electrons. The molecule has 2 aliphatic rings. The third-order valence-corrected chi connectivity index (χ3v) is 7.21. The molecule has 5 nitrogen and oxygen atoms in total. The lowest BCUT2D eigenvalue weighted by atomic mass is 10.0. The van der Waals surface area contributed by atoms with Gasteiger partial charge in [0, 0.05) is 6.42 Å². The van der Waals surface area contributed by atoms with Crippen LogP contribution in [0.1, 0.15) is 46.6 Å². The van der Waals surface area contributed by atoms with Crippen LogP contribution in [-0.2, 0) is 16.3 Å². The van der Waals surface area contributed by atoms with Gasteiger partial charge in [0.05, 0.1) is 27.7 Å². The summed E-state index contributed by atoms with van der Waals surface area (Å²) in [7, 11) is -3.02. The second-order valence-corrected chi connectivity index (χ2v) is 9.79. The largest absolute Gasteiger partial charge is 0.345 e. The molecule has 21 heavy (non-hydrogen) atoms. The predicted octanol–water partition coefficient (Wildman–Crippen LogP) is 1.71. The maximum Gasteiger partial charge on any atom is 0.263 e. The molecule has 1 aliphatic heterocycles. The number of sulfone groups is 1. The van der Waals surface area contributed by atoms with Gasteiger partial charge in [-0.2, -0.15) is 0 Å². The number of carbonyl (C=O) groups excluding carboxylic acids is 1. The Labute approximate surface area is 129 Å². The summed E-state index contributed by atoms with van der Waals surface area (Å²) in [6, 6.07) is 0. The molecule has 1 N–H and O–H groups in total. The van der Waals surface area contributed by atoms with Crippen molar-refractivity contribution in [2.45, 2.75) is 45.1 Å². The summed E-state index contributed by atoms with van der Waals surface area (Å²) in [6.45, 7) is 3.65. The fraction of sp³-hybridized carbons (Fsp3) is 0.714. The zero-order valence-electron chi connectivity index (χ0n) is 12.3. The first-order valence-electron chi connectivity index (χ1n) is 7.26. The van der Waals surface area contributed by atoms with Crippen LogP contribution in [0.2, 0.25) is 0 Å². The Balaban J connectivity index is 1.71. The number of carbonyl (C=O) groups is 1. The summed E-state index contributed by atoms with van der Waals surface area (Å²) in [4.78, 5) is 17.5. The molecular formula is C14H20N2O3S2. The molecule has 0 unspecified atom stereocenters. The summed E-state index contributed by atoms with van der Waals surface area (Å²) >= 11 is 1.45. The van der Waals surface area contributed by atoms with Crippen molar-refractivity contribution >= 4 is 27.1 Å². The molecule has 1 aromatic heterocycles. The molecule has 2 fully saturated rings. The summed E-state index contributed by atoms with van der Waals surface area (Å²) in [6.07, 6.45) is 3.96. The van der Waals surface area contributed by atoms with Crippen molar-refractivity contribution in [3.8, 4) is 0 Å². The Morgan fingerprint density at radius 3 is 2.76 bits per heavy atom.